The molecule has 0 aliphatic heterocycles. The van der Waals surface area contributed by atoms with Crippen molar-refractivity contribution in [2.24, 2.45) is 0 Å². The first kappa shape index (κ1) is 17.9. The fourth-order valence-electron chi connectivity index (χ4n) is 2.63. The van der Waals surface area contributed by atoms with Crippen molar-refractivity contribution in [2.45, 2.75) is 10.9 Å². The maximum Gasteiger partial charge on any atom is 0.269 e. The summed E-state index contributed by atoms with van der Waals surface area (Å²) in [7, 11) is 0. The molecular formula is C18H12FN5O3S. The lowest BCUT2D eigenvalue weighted by molar-refractivity contribution is -0.384. The fraction of sp³-hybridized carbons (Fsp3) is 0.0556. The Bertz CT molecular complexity index is 1240. The van der Waals surface area contributed by atoms with E-state index in [9.17, 15) is 19.3 Å². The van der Waals surface area contributed by atoms with Crippen LogP contribution in [0.15, 0.2) is 64.7 Å². The second-order valence-corrected chi connectivity index (χ2v) is 6.78. The minimum Gasteiger partial charge on any atom is -0.301 e. The quantitative estimate of drug-likeness (QED) is 0.239. The summed E-state index contributed by atoms with van der Waals surface area (Å²) in [6.07, 6.45) is 1.38. The highest BCUT2D eigenvalue weighted by molar-refractivity contribution is 7.98. The zero-order valence-corrected chi connectivity index (χ0v) is 15.0. The highest BCUT2D eigenvalue weighted by Gasteiger charge is 2.13. The molecule has 0 saturated carbocycles. The summed E-state index contributed by atoms with van der Waals surface area (Å²) in [5.74, 6) is -0.0263. The topological polar surface area (TPSA) is 107 Å². The summed E-state index contributed by atoms with van der Waals surface area (Å²) in [6, 6.07) is 12.1. The molecule has 2 aromatic heterocycles. The van der Waals surface area contributed by atoms with Crippen molar-refractivity contribution in [3.05, 3.63) is 86.6 Å². The van der Waals surface area contributed by atoms with E-state index in [1.54, 1.807) is 18.2 Å². The van der Waals surface area contributed by atoms with Crippen molar-refractivity contribution in [1.82, 2.24) is 19.7 Å². The van der Waals surface area contributed by atoms with E-state index in [1.807, 2.05) is 0 Å². The summed E-state index contributed by atoms with van der Waals surface area (Å²) < 4.78 is 15.2. The number of thioether (sulfide) groups is 1. The van der Waals surface area contributed by atoms with Crippen LogP contribution in [-0.2, 0) is 5.75 Å². The van der Waals surface area contributed by atoms with Gasteiger partial charge in [-0.2, -0.15) is 5.10 Å². The number of nitro groups is 1. The van der Waals surface area contributed by atoms with Crippen LogP contribution in [0, 0.1) is 15.9 Å². The molecule has 0 saturated heterocycles. The first-order valence-electron chi connectivity index (χ1n) is 8.12. The van der Waals surface area contributed by atoms with Gasteiger partial charge in [0.1, 0.15) is 11.2 Å². The van der Waals surface area contributed by atoms with Crippen LogP contribution in [0.25, 0.3) is 16.7 Å². The average molecular weight is 397 g/mol. The Morgan fingerprint density at radius 3 is 2.64 bits per heavy atom. The Hall–Kier alpha value is -3.53. The Balaban J connectivity index is 1.69. The number of nitrogens with zero attached hydrogens (tertiary/aromatic N) is 4. The highest BCUT2D eigenvalue weighted by Crippen LogP contribution is 2.23. The van der Waals surface area contributed by atoms with Gasteiger partial charge in [-0.25, -0.2) is 14.1 Å². The summed E-state index contributed by atoms with van der Waals surface area (Å²) in [6.45, 7) is 0. The molecule has 4 rings (SSSR count). The van der Waals surface area contributed by atoms with Crippen molar-refractivity contribution < 1.29 is 9.31 Å². The van der Waals surface area contributed by atoms with E-state index in [-0.39, 0.29) is 22.5 Å². The second-order valence-electron chi connectivity index (χ2n) is 5.82. The van der Waals surface area contributed by atoms with Gasteiger partial charge < -0.3 is 4.98 Å². The van der Waals surface area contributed by atoms with Crippen molar-refractivity contribution in [2.75, 3.05) is 0 Å². The van der Waals surface area contributed by atoms with E-state index in [0.717, 1.165) is 0 Å². The number of nitro benzene ring substituents is 1. The number of H-pyrrole nitrogens is 1. The Labute approximate surface area is 161 Å². The van der Waals surface area contributed by atoms with Crippen molar-refractivity contribution >= 4 is 28.5 Å². The third-order valence-electron chi connectivity index (χ3n) is 4.04. The average Bonchev–Trinajstić information content (AvgIpc) is 3.12. The van der Waals surface area contributed by atoms with Gasteiger partial charge in [0.2, 0.25) is 0 Å². The van der Waals surface area contributed by atoms with Crippen LogP contribution in [0.2, 0.25) is 0 Å². The minimum atomic E-state index is -0.495. The molecule has 0 fully saturated rings. The zero-order chi connectivity index (χ0) is 19.7. The third kappa shape index (κ3) is 3.37. The lowest BCUT2D eigenvalue weighted by Gasteiger charge is -2.05. The van der Waals surface area contributed by atoms with E-state index in [1.165, 1.54) is 53.0 Å². The van der Waals surface area contributed by atoms with Crippen LogP contribution in [0.3, 0.4) is 0 Å². The Kier molecular flexibility index (Phi) is 4.62. The molecule has 0 bridgehead atoms. The normalized spacial score (nSPS) is 11.0. The molecule has 0 spiro atoms. The van der Waals surface area contributed by atoms with Gasteiger partial charge in [-0.05, 0) is 23.8 Å². The molecule has 140 valence electrons. The summed E-state index contributed by atoms with van der Waals surface area (Å²) in [5.41, 5.74) is 0.929. The number of rotatable bonds is 5. The summed E-state index contributed by atoms with van der Waals surface area (Å²) >= 11 is 1.19. The number of hydrogen-bond donors (Lipinski definition) is 1. The highest BCUT2D eigenvalue weighted by atomic mass is 32.2. The largest absolute Gasteiger partial charge is 0.301 e. The standard InChI is InChI=1S/C18H12FN5O3S/c19-15-4-2-1-3-11(15)10-28-18-21-16-14(17(25)22-18)9-20-23(16)12-5-7-13(8-6-12)24(26)27/h1-9H,10H2,(H,21,22,25). The molecule has 8 nitrogen and oxygen atoms in total. The molecule has 4 aromatic rings. The Morgan fingerprint density at radius 1 is 1.18 bits per heavy atom. The molecule has 2 aromatic carbocycles. The lowest BCUT2D eigenvalue weighted by atomic mass is 10.2. The number of aromatic amines is 1. The molecule has 10 heteroatoms. The van der Waals surface area contributed by atoms with Crippen LogP contribution in [-0.4, -0.2) is 24.7 Å². The van der Waals surface area contributed by atoms with Gasteiger partial charge in [0.15, 0.2) is 10.8 Å². The van der Waals surface area contributed by atoms with Crippen LogP contribution in [0.1, 0.15) is 5.56 Å². The molecule has 0 aliphatic rings. The van der Waals surface area contributed by atoms with Gasteiger partial charge in [-0.3, -0.25) is 14.9 Å². The summed E-state index contributed by atoms with van der Waals surface area (Å²) in [5, 5.41) is 15.6. The molecule has 0 unspecified atom stereocenters. The Morgan fingerprint density at radius 2 is 1.93 bits per heavy atom. The first-order chi connectivity index (χ1) is 13.5. The first-order valence-corrected chi connectivity index (χ1v) is 9.10. The van der Waals surface area contributed by atoms with E-state index in [4.69, 9.17) is 0 Å². The molecule has 0 radical (unpaired) electrons. The van der Waals surface area contributed by atoms with Crippen LogP contribution < -0.4 is 5.56 Å². The van der Waals surface area contributed by atoms with Crippen molar-refractivity contribution in [1.29, 1.82) is 0 Å². The summed E-state index contributed by atoms with van der Waals surface area (Å²) in [4.78, 5) is 29.7. The van der Waals surface area contributed by atoms with E-state index < -0.39 is 4.92 Å². The molecule has 0 aliphatic carbocycles. The third-order valence-corrected chi connectivity index (χ3v) is 4.97. The number of halogens is 1. The SMILES string of the molecule is O=c1[nH]c(SCc2ccccc2F)nc2c1cnn2-c1ccc([N+](=O)[O-])cc1. The number of aromatic nitrogens is 4. The van der Waals surface area contributed by atoms with E-state index in [2.05, 4.69) is 15.1 Å². The maximum atomic E-state index is 13.8. The molecule has 0 atom stereocenters. The van der Waals surface area contributed by atoms with Gasteiger partial charge in [-0.1, -0.05) is 30.0 Å². The smallest absolute Gasteiger partial charge is 0.269 e. The molecule has 2 heterocycles. The van der Waals surface area contributed by atoms with Crippen LogP contribution >= 0.6 is 11.8 Å². The number of hydrogen-bond acceptors (Lipinski definition) is 6. The predicted octanol–water partition coefficient (Wildman–Crippen LogP) is 3.45. The molecule has 0 amide bonds. The second kappa shape index (κ2) is 7.24. The molecule has 1 N–H and O–H groups in total. The number of fused-ring (bicyclic) bond motifs is 1. The fourth-order valence-corrected chi connectivity index (χ4v) is 3.47. The lowest BCUT2D eigenvalue weighted by Crippen LogP contribution is -2.10. The van der Waals surface area contributed by atoms with Crippen LogP contribution in [0.5, 0.6) is 0 Å². The number of non-ortho nitro benzene ring substituents is 1. The zero-order valence-electron chi connectivity index (χ0n) is 14.2. The van der Waals surface area contributed by atoms with Gasteiger partial charge in [-0.15, -0.1) is 0 Å². The maximum absolute atomic E-state index is 13.8. The van der Waals surface area contributed by atoms with E-state index in [0.29, 0.717) is 27.8 Å². The van der Waals surface area contributed by atoms with Crippen LogP contribution in [0.4, 0.5) is 10.1 Å². The number of benzene rings is 2. The van der Waals surface area contributed by atoms with Crippen molar-refractivity contribution in [3.8, 4) is 5.69 Å². The monoisotopic (exact) mass is 397 g/mol. The van der Waals surface area contributed by atoms with Gasteiger partial charge >= 0.3 is 0 Å². The number of nitrogens with one attached hydrogen (secondary N) is 1. The molecule has 28 heavy (non-hydrogen) atoms. The van der Waals surface area contributed by atoms with E-state index >= 15 is 0 Å². The minimum absolute atomic E-state index is 0.0489. The molecular weight excluding hydrogens is 385 g/mol. The predicted molar refractivity (Wildman–Crippen MR) is 102 cm³/mol. The van der Waals surface area contributed by atoms with Gasteiger partial charge in [0.05, 0.1) is 16.8 Å². The van der Waals surface area contributed by atoms with Gasteiger partial charge in [0.25, 0.3) is 11.2 Å². The van der Waals surface area contributed by atoms with Gasteiger partial charge in [0, 0.05) is 17.9 Å². The van der Waals surface area contributed by atoms with Crippen molar-refractivity contribution in [3.63, 3.8) is 0 Å².